The molecule has 1 aromatic heterocycles. The van der Waals surface area contributed by atoms with Gasteiger partial charge in [0.05, 0.1) is 36.3 Å². The number of piperazine rings is 1. The standard InChI is InChI=1S/C33H41N7O2/c1-20-7-10-26(11-8-20)40-31(35-30(36-40)32(41)38-16-21(2)34-22(3)17-38)25-9-12-28-29(13-25)39(24(5)23(4)37(28)6)27-14-33(15-27)18-42-19-33/h7-13,21-22,24,27,34H,4,14-19H2,1-3,5-6H3/t21-,22+,24-/m1/s1. The van der Waals surface area contributed by atoms with Crippen LogP contribution in [0.4, 0.5) is 11.4 Å². The number of nitrogens with zero attached hydrogens (tertiary/aromatic N) is 6. The molecule has 2 saturated heterocycles. The van der Waals surface area contributed by atoms with Gasteiger partial charge in [-0.1, -0.05) is 24.3 Å². The number of carbonyl (C=O) groups excluding carboxylic acids is 1. The molecule has 3 aliphatic heterocycles. The van der Waals surface area contributed by atoms with Crippen molar-refractivity contribution < 1.29 is 9.53 Å². The van der Waals surface area contributed by atoms with Gasteiger partial charge in [0.25, 0.3) is 5.91 Å². The van der Waals surface area contributed by atoms with Crippen molar-refractivity contribution in [3.05, 3.63) is 66.1 Å². The first-order valence-corrected chi connectivity index (χ1v) is 15.1. The average molecular weight is 568 g/mol. The number of carbonyl (C=O) groups is 1. The van der Waals surface area contributed by atoms with Gasteiger partial charge < -0.3 is 24.8 Å². The smallest absolute Gasteiger partial charge is 0.293 e. The van der Waals surface area contributed by atoms with Crippen LogP contribution >= 0.6 is 0 Å². The molecule has 1 spiro atoms. The minimum Gasteiger partial charge on any atom is -0.380 e. The van der Waals surface area contributed by atoms with Crippen LogP contribution in [0, 0.1) is 12.3 Å². The lowest BCUT2D eigenvalue weighted by atomic mass is 9.63. The molecule has 4 aliphatic rings. The highest BCUT2D eigenvalue weighted by Gasteiger charge is 2.53. The van der Waals surface area contributed by atoms with E-state index >= 15 is 0 Å². The van der Waals surface area contributed by atoms with E-state index < -0.39 is 0 Å². The lowest BCUT2D eigenvalue weighted by Crippen LogP contribution is -2.62. The lowest BCUT2D eigenvalue weighted by molar-refractivity contribution is -0.163. The van der Waals surface area contributed by atoms with E-state index in [9.17, 15) is 4.79 Å². The van der Waals surface area contributed by atoms with Crippen LogP contribution in [0.5, 0.6) is 0 Å². The molecular formula is C33H41N7O2. The van der Waals surface area contributed by atoms with Crippen molar-refractivity contribution in [2.45, 2.75) is 64.7 Å². The summed E-state index contributed by atoms with van der Waals surface area (Å²) in [6.45, 7) is 16.0. The second-order valence-corrected chi connectivity index (χ2v) is 13.1. The Morgan fingerprint density at radius 3 is 2.36 bits per heavy atom. The molecule has 1 aliphatic carbocycles. The molecule has 3 atom stereocenters. The van der Waals surface area contributed by atoms with Gasteiger partial charge in [-0.25, -0.2) is 9.67 Å². The number of anilines is 2. The summed E-state index contributed by atoms with van der Waals surface area (Å²) in [6, 6.07) is 15.7. The molecule has 4 heterocycles. The van der Waals surface area contributed by atoms with Crippen molar-refractivity contribution in [1.82, 2.24) is 25.0 Å². The summed E-state index contributed by atoms with van der Waals surface area (Å²) >= 11 is 0. The van der Waals surface area contributed by atoms with Crippen molar-refractivity contribution >= 4 is 17.3 Å². The summed E-state index contributed by atoms with van der Waals surface area (Å²) in [6.07, 6.45) is 2.27. The Bertz CT molecular complexity index is 1520. The van der Waals surface area contributed by atoms with Gasteiger partial charge in [-0.15, -0.1) is 5.10 Å². The number of nitrogens with one attached hydrogen (secondary N) is 1. The van der Waals surface area contributed by atoms with Crippen molar-refractivity contribution in [3.8, 4) is 17.1 Å². The van der Waals surface area contributed by atoms with Gasteiger partial charge in [0.2, 0.25) is 5.82 Å². The molecule has 3 fully saturated rings. The number of aryl methyl sites for hydroxylation is 1. The van der Waals surface area contributed by atoms with Gasteiger partial charge in [-0.05, 0) is 70.9 Å². The van der Waals surface area contributed by atoms with Crippen molar-refractivity contribution in [2.75, 3.05) is 43.2 Å². The van der Waals surface area contributed by atoms with E-state index in [0.29, 0.717) is 30.4 Å². The van der Waals surface area contributed by atoms with E-state index in [1.54, 1.807) is 0 Å². The third-order valence-electron chi connectivity index (χ3n) is 9.67. The number of hydrogen-bond acceptors (Lipinski definition) is 7. The Morgan fingerprint density at radius 1 is 1.02 bits per heavy atom. The monoisotopic (exact) mass is 567 g/mol. The first-order chi connectivity index (χ1) is 20.1. The highest BCUT2D eigenvalue weighted by atomic mass is 16.5. The summed E-state index contributed by atoms with van der Waals surface area (Å²) < 4.78 is 7.40. The van der Waals surface area contributed by atoms with Crippen LogP contribution in [0.1, 0.15) is 49.8 Å². The van der Waals surface area contributed by atoms with E-state index in [4.69, 9.17) is 14.8 Å². The van der Waals surface area contributed by atoms with E-state index in [0.717, 1.165) is 54.3 Å². The summed E-state index contributed by atoms with van der Waals surface area (Å²) in [7, 11) is 2.09. The molecule has 7 rings (SSSR count). The van der Waals surface area contributed by atoms with Crippen molar-refractivity contribution in [2.24, 2.45) is 5.41 Å². The Balaban J connectivity index is 1.30. The number of likely N-dealkylation sites (N-methyl/N-ethyl adjacent to an activating group) is 1. The Morgan fingerprint density at radius 2 is 1.71 bits per heavy atom. The SMILES string of the molecule is C=C1[C@@H](C)N(C2CC3(COC3)C2)c2cc(-c3nc(C(=O)N4C[C@@H](C)N[C@@H](C)C4)nn3-c3ccc(C)cc3)ccc2N1C. The highest BCUT2D eigenvalue weighted by Crippen LogP contribution is 2.53. The molecule has 1 saturated carbocycles. The van der Waals surface area contributed by atoms with Gasteiger partial charge in [0.15, 0.2) is 5.82 Å². The van der Waals surface area contributed by atoms with Gasteiger partial charge in [0.1, 0.15) is 0 Å². The van der Waals surface area contributed by atoms with Gasteiger partial charge in [-0.2, -0.15) is 0 Å². The average Bonchev–Trinajstić information content (AvgIpc) is 3.36. The molecule has 9 nitrogen and oxygen atoms in total. The third-order valence-corrected chi connectivity index (χ3v) is 9.67. The summed E-state index contributed by atoms with van der Waals surface area (Å²) in [5.74, 6) is 0.763. The number of hydrogen-bond donors (Lipinski definition) is 1. The van der Waals surface area contributed by atoms with Crippen LogP contribution in [0.2, 0.25) is 0 Å². The van der Waals surface area contributed by atoms with Crippen LogP contribution in [0.15, 0.2) is 54.7 Å². The molecule has 2 aromatic carbocycles. The topological polar surface area (TPSA) is 78.8 Å². The number of benzene rings is 2. The molecular weight excluding hydrogens is 526 g/mol. The molecule has 220 valence electrons. The minimum atomic E-state index is -0.131. The van der Waals surface area contributed by atoms with Crippen LogP contribution in [-0.4, -0.2) is 83.1 Å². The zero-order valence-corrected chi connectivity index (χ0v) is 25.3. The largest absolute Gasteiger partial charge is 0.380 e. The highest BCUT2D eigenvalue weighted by molar-refractivity contribution is 5.91. The summed E-state index contributed by atoms with van der Waals surface area (Å²) in [5.41, 5.74) is 6.73. The van der Waals surface area contributed by atoms with E-state index in [1.165, 1.54) is 5.69 Å². The number of amides is 1. The van der Waals surface area contributed by atoms with Crippen LogP contribution in [-0.2, 0) is 4.74 Å². The Hall–Kier alpha value is -3.69. The fourth-order valence-electron chi connectivity index (χ4n) is 7.32. The first-order valence-electron chi connectivity index (χ1n) is 15.1. The van der Waals surface area contributed by atoms with Crippen LogP contribution < -0.4 is 15.1 Å². The predicted molar refractivity (Wildman–Crippen MR) is 165 cm³/mol. The van der Waals surface area contributed by atoms with Crippen LogP contribution in [0.25, 0.3) is 17.1 Å². The van der Waals surface area contributed by atoms with Gasteiger partial charge >= 0.3 is 0 Å². The molecule has 0 radical (unpaired) electrons. The molecule has 0 unspecified atom stereocenters. The number of fused-ring (bicyclic) bond motifs is 1. The fourth-order valence-corrected chi connectivity index (χ4v) is 7.32. The second-order valence-electron chi connectivity index (χ2n) is 13.1. The molecule has 1 N–H and O–H groups in total. The normalized spacial score (nSPS) is 25.3. The van der Waals surface area contributed by atoms with Gasteiger partial charge in [-0.3, -0.25) is 4.79 Å². The maximum absolute atomic E-state index is 13.7. The summed E-state index contributed by atoms with van der Waals surface area (Å²) in [5, 5.41) is 8.33. The molecule has 3 aromatic rings. The predicted octanol–water partition coefficient (Wildman–Crippen LogP) is 4.40. The van der Waals surface area contributed by atoms with E-state index in [2.05, 4.69) is 86.8 Å². The Labute approximate surface area is 248 Å². The Kier molecular flexibility index (Phi) is 6.44. The molecule has 9 heteroatoms. The first kappa shape index (κ1) is 27.2. The van der Waals surface area contributed by atoms with Gasteiger partial charge in [0, 0.05) is 54.9 Å². The van der Waals surface area contributed by atoms with E-state index in [-0.39, 0.29) is 29.9 Å². The minimum absolute atomic E-state index is 0.131. The third kappa shape index (κ3) is 4.41. The zero-order valence-electron chi connectivity index (χ0n) is 25.3. The molecule has 0 bridgehead atoms. The zero-order chi connectivity index (χ0) is 29.3. The second kappa shape index (κ2) is 9.95. The maximum atomic E-state index is 13.7. The molecule has 42 heavy (non-hydrogen) atoms. The number of ether oxygens (including phenoxy) is 1. The van der Waals surface area contributed by atoms with Crippen LogP contribution in [0.3, 0.4) is 0 Å². The van der Waals surface area contributed by atoms with Crippen molar-refractivity contribution in [1.29, 1.82) is 0 Å². The lowest BCUT2D eigenvalue weighted by Gasteiger charge is -2.59. The fraction of sp³-hybridized carbons (Fsp3) is 0.485. The van der Waals surface area contributed by atoms with Crippen molar-refractivity contribution in [3.63, 3.8) is 0 Å². The number of rotatable bonds is 4. The van der Waals surface area contributed by atoms with E-state index in [1.807, 2.05) is 21.7 Å². The number of aromatic nitrogens is 3. The molecule has 1 amide bonds. The maximum Gasteiger partial charge on any atom is 0.293 e. The quantitative estimate of drug-likeness (QED) is 0.501. The summed E-state index contributed by atoms with van der Waals surface area (Å²) in [4.78, 5) is 25.3.